The van der Waals surface area contributed by atoms with Crippen molar-refractivity contribution in [2.75, 3.05) is 13.1 Å². The smallest absolute Gasteiger partial charge is 0.227 e. The van der Waals surface area contributed by atoms with Gasteiger partial charge in [-0.05, 0) is 38.0 Å². The van der Waals surface area contributed by atoms with E-state index in [-0.39, 0.29) is 17.2 Å². The van der Waals surface area contributed by atoms with Gasteiger partial charge in [0.1, 0.15) is 17.9 Å². The number of rotatable bonds is 5. The molecule has 2 aromatic heterocycles. The highest BCUT2D eigenvalue weighted by Crippen LogP contribution is 2.51. The van der Waals surface area contributed by atoms with Crippen LogP contribution in [0.3, 0.4) is 0 Å². The quantitative estimate of drug-likeness (QED) is 0.767. The van der Waals surface area contributed by atoms with Crippen molar-refractivity contribution in [3.63, 3.8) is 0 Å². The molecule has 1 spiro atoms. The highest BCUT2D eigenvalue weighted by Gasteiger charge is 2.50. The Morgan fingerprint density at radius 3 is 2.69 bits per heavy atom. The standard InChI is InChI=1S/C22H33N5O2/c1-15(2)11-27-14-23-24-21(27)19-12-26(13-22(19)8-6-5-7-9-22)20(28)10-18-16(3)25-29-17(18)4/h14-15,19H,5-13H2,1-4H3. The molecule has 1 aliphatic heterocycles. The van der Waals surface area contributed by atoms with Crippen LogP contribution in [0.1, 0.15) is 74.7 Å². The van der Waals surface area contributed by atoms with Crippen molar-refractivity contribution in [1.82, 2.24) is 24.8 Å². The van der Waals surface area contributed by atoms with Gasteiger partial charge in [0.15, 0.2) is 0 Å². The van der Waals surface area contributed by atoms with Crippen LogP contribution in [0.4, 0.5) is 0 Å². The van der Waals surface area contributed by atoms with E-state index in [0.29, 0.717) is 12.3 Å². The predicted octanol–water partition coefficient (Wildman–Crippen LogP) is 3.66. The summed E-state index contributed by atoms with van der Waals surface area (Å²) in [6.45, 7) is 10.7. The highest BCUT2D eigenvalue weighted by molar-refractivity contribution is 5.79. The van der Waals surface area contributed by atoms with Crippen molar-refractivity contribution in [3.8, 4) is 0 Å². The Balaban J connectivity index is 1.59. The van der Waals surface area contributed by atoms with Gasteiger partial charge in [0.25, 0.3) is 0 Å². The third-order valence-corrected chi connectivity index (χ3v) is 6.88. The van der Waals surface area contributed by atoms with E-state index >= 15 is 0 Å². The minimum atomic E-state index is 0.133. The molecule has 2 aromatic rings. The number of carbonyl (C=O) groups excluding carboxylic acids is 1. The maximum absolute atomic E-state index is 13.2. The van der Waals surface area contributed by atoms with Gasteiger partial charge in [0.2, 0.25) is 5.91 Å². The lowest BCUT2D eigenvalue weighted by atomic mass is 9.67. The topological polar surface area (TPSA) is 77.1 Å². The van der Waals surface area contributed by atoms with Crippen LogP contribution in [-0.2, 0) is 17.8 Å². The molecule has 0 radical (unpaired) electrons. The predicted molar refractivity (Wildman–Crippen MR) is 109 cm³/mol. The first-order valence-corrected chi connectivity index (χ1v) is 11.0. The van der Waals surface area contributed by atoms with E-state index in [4.69, 9.17) is 4.52 Å². The summed E-state index contributed by atoms with van der Waals surface area (Å²) in [5.74, 6) is 2.77. The number of hydrogen-bond acceptors (Lipinski definition) is 5. The molecule has 7 heteroatoms. The molecule has 1 saturated carbocycles. The molecule has 0 N–H and O–H groups in total. The summed E-state index contributed by atoms with van der Waals surface area (Å²) in [6, 6.07) is 0. The van der Waals surface area contributed by atoms with Gasteiger partial charge >= 0.3 is 0 Å². The van der Waals surface area contributed by atoms with Crippen LogP contribution < -0.4 is 0 Å². The van der Waals surface area contributed by atoms with Gasteiger partial charge in [-0.2, -0.15) is 0 Å². The van der Waals surface area contributed by atoms with Gasteiger partial charge in [0, 0.05) is 31.1 Å². The van der Waals surface area contributed by atoms with Crippen LogP contribution >= 0.6 is 0 Å². The normalized spacial score (nSPS) is 21.4. The zero-order chi connectivity index (χ0) is 20.6. The first kappa shape index (κ1) is 20.1. The van der Waals surface area contributed by atoms with Crippen LogP contribution in [0.15, 0.2) is 10.9 Å². The van der Waals surface area contributed by atoms with Gasteiger partial charge in [-0.1, -0.05) is 38.3 Å². The maximum atomic E-state index is 13.2. The van der Waals surface area contributed by atoms with Crippen LogP contribution in [0, 0.1) is 25.2 Å². The van der Waals surface area contributed by atoms with Gasteiger partial charge in [0.05, 0.1) is 12.1 Å². The van der Waals surface area contributed by atoms with Crippen molar-refractivity contribution in [3.05, 3.63) is 29.2 Å². The van der Waals surface area contributed by atoms with E-state index in [9.17, 15) is 4.79 Å². The Bertz CT molecular complexity index is 843. The summed E-state index contributed by atoms with van der Waals surface area (Å²) in [7, 11) is 0. The fraction of sp³-hybridized carbons (Fsp3) is 0.727. The molecule has 2 fully saturated rings. The molecule has 1 saturated heterocycles. The number of aromatic nitrogens is 4. The lowest BCUT2D eigenvalue weighted by Crippen LogP contribution is -2.35. The van der Waals surface area contributed by atoms with Crippen LogP contribution in [0.2, 0.25) is 0 Å². The first-order valence-electron chi connectivity index (χ1n) is 11.0. The van der Waals surface area contributed by atoms with Gasteiger partial charge in [-0.3, -0.25) is 4.79 Å². The number of carbonyl (C=O) groups is 1. The van der Waals surface area contributed by atoms with E-state index in [1.807, 2.05) is 20.2 Å². The van der Waals surface area contributed by atoms with Gasteiger partial charge < -0.3 is 14.0 Å². The second-order valence-electron chi connectivity index (χ2n) is 9.46. The van der Waals surface area contributed by atoms with E-state index in [0.717, 1.165) is 42.5 Å². The number of amides is 1. The first-order chi connectivity index (χ1) is 13.9. The van der Waals surface area contributed by atoms with Crippen LogP contribution in [0.25, 0.3) is 0 Å². The second-order valence-corrected chi connectivity index (χ2v) is 9.46. The molecule has 1 atom stereocenters. The van der Waals surface area contributed by atoms with Crippen molar-refractivity contribution < 1.29 is 9.32 Å². The Morgan fingerprint density at radius 1 is 1.28 bits per heavy atom. The SMILES string of the molecule is Cc1noc(C)c1CC(=O)N1CC(c2nncn2CC(C)C)C2(CCCCC2)C1. The Kier molecular flexibility index (Phi) is 5.49. The third-order valence-electron chi connectivity index (χ3n) is 6.88. The second kappa shape index (κ2) is 7.92. The maximum Gasteiger partial charge on any atom is 0.227 e. The van der Waals surface area contributed by atoms with Crippen molar-refractivity contribution in [2.45, 2.75) is 78.7 Å². The summed E-state index contributed by atoms with van der Waals surface area (Å²) in [6.07, 6.45) is 8.33. The summed E-state index contributed by atoms with van der Waals surface area (Å²) in [4.78, 5) is 15.3. The Labute approximate surface area is 172 Å². The lowest BCUT2D eigenvalue weighted by Gasteiger charge is -2.37. The molecule has 1 aliphatic carbocycles. The molecular weight excluding hydrogens is 366 g/mol. The Hall–Kier alpha value is -2.18. The molecule has 1 unspecified atom stereocenters. The minimum absolute atomic E-state index is 0.133. The molecular formula is C22H33N5O2. The number of likely N-dealkylation sites (tertiary alicyclic amines) is 1. The van der Waals surface area contributed by atoms with Crippen molar-refractivity contribution in [1.29, 1.82) is 0 Å². The highest BCUT2D eigenvalue weighted by atomic mass is 16.5. The summed E-state index contributed by atoms with van der Waals surface area (Å²) >= 11 is 0. The van der Waals surface area contributed by atoms with E-state index in [2.05, 4.69) is 38.7 Å². The number of aryl methyl sites for hydroxylation is 2. The van der Waals surface area contributed by atoms with Gasteiger partial charge in [-0.25, -0.2) is 0 Å². The zero-order valence-corrected chi connectivity index (χ0v) is 18.1. The fourth-order valence-corrected chi connectivity index (χ4v) is 5.36. The summed E-state index contributed by atoms with van der Waals surface area (Å²) < 4.78 is 7.48. The average Bonchev–Trinajstić information content (AvgIpc) is 3.36. The number of hydrogen-bond donors (Lipinski definition) is 0. The zero-order valence-electron chi connectivity index (χ0n) is 18.1. The molecule has 4 rings (SSSR count). The van der Waals surface area contributed by atoms with Gasteiger partial charge in [-0.15, -0.1) is 10.2 Å². The lowest BCUT2D eigenvalue weighted by molar-refractivity contribution is -0.130. The largest absolute Gasteiger partial charge is 0.361 e. The van der Waals surface area contributed by atoms with Crippen molar-refractivity contribution >= 4 is 5.91 Å². The van der Waals surface area contributed by atoms with E-state index < -0.39 is 0 Å². The fourth-order valence-electron chi connectivity index (χ4n) is 5.36. The molecule has 0 aromatic carbocycles. The summed E-state index contributed by atoms with van der Waals surface area (Å²) in [5, 5.41) is 12.8. The molecule has 158 valence electrons. The molecule has 2 aliphatic rings. The molecule has 1 amide bonds. The molecule has 0 bridgehead atoms. The van der Waals surface area contributed by atoms with Crippen molar-refractivity contribution in [2.24, 2.45) is 11.3 Å². The average molecular weight is 400 g/mol. The molecule has 3 heterocycles. The summed E-state index contributed by atoms with van der Waals surface area (Å²) in [5.41, 5.74) is 1.88. The third kappa shape index (κ3) is 3.83. The van der Waals surface area contributed by atoms with Crippen LogP contribution in [0.5, 0.6) is 0 Å². The molecule has 7 nitrogen and oxygen atoms in total. The Morgan fingerprint density at radius 2 is 2.03 bits per heavy atom. The van der Waals surface area contributed by atoms with E-state index in [1.54, 1.807) is 0 Å². The number of nitrogens with zero attached hydrogens (tertiary/aromatic N) is 5. The molecule has 29 heavy (non-hydrogen) atoms. The monoisotopic (exact) mass is 399 g/mol. The minimum Gasteiger partial charge on any atom is -0.361 e. The van der Waals surface area contributed by atoms with Crippen LogP contribution in [-0.4, -0.2) is 43.8 Å². The van der Waals surface area contributed by atoms with E-state index in [1.165, 1.54) is 32.1 Å².